The molecule has 2 N–H and O–H groups in total. The maximum absolute atomic E-state index is 12.9. The molecule has 0 aromatic rings. The lowest BCUT2D eigenvalue weighted by molar-refractivity contribution is -0.203. The van der Waals surface area contributed by atoms with Crippen LogP contribution in [0, 0.1) is 58.2 Å². The highest BCUT2D eigenvalue weighted by atomic mass is 32.2. The first-order valence-corrected chi connectivity index (χ1v) is 19.1. The van der Waals surface area contributed by atoms with E-state index in [-0.39, 0.29) is 51.7 Å². The van der Waals surface area contributed by atoms with Crippen molar-refractivity contribution in [3.05, 3.63) is 0 Å². The van der Waals surface area contributed by atoms with Crippen molar-refractivity contribution in [2.24, 2.45) is 58.2 Å². The third kappa shape index (κ3) is 5.86. The maximum Gasteiger partial charge on any atom is 0.160 e. The van der Waals surface area contributed by atoms with Crippen LogP contribution in [-0.2, 0) is 14.6 Å². The Bertz CT molecular complexity index is 1040. The van der Waals surface area contributed by atoms with E-state index >= 15 is 0 Å². The first-order chi connectivity index (χ1) is 19.3. The molecule has 0 bridgehead atoms. The molecule has 0 saturated heterocycles. The summed E-state index contributed by atoms with van der Waals surface area (Å²) in [5, 5.41) is 22.2. The monoisotopic (exact) mass is 592 g/mol. The Morgan fingerprint density at radius 1 is 0.878 bits per heavy atom. The van der Waals surface area contributed by atoms with Crippen LogP contribution in [-0.4, -0.2) is 47.6 Å². The molecule has 0 radical (unpaired) electrons. The molecule has 41 heavy (non-hydrogen) atoms. The number of hydrogen-bond donors (Lipinski definition) is 2. The Morgan fingerprint density at radius 3 is 2.22 bits per heavy atom. The van der Waals surface area contributed by atoms with E-state index < -0.39 is 9.84 Å². The number of fused-ring (bicyclic) bond motifs is 5. The van der Waals surface area contributed by atoms with Crippen LogP contribution in [0.1, 0.15) is 131 Å². The average Bonchev–Trinajstić information content (AvgIpc) is 3.27. The number of Topliss-reactive ketones (excluding diaryl/α,β-unsaturated/α-hetero) is 1. The van der Waals surface area contributed by atoms with E-state index in [1.54, 1.807) is 0 Å². The second-order valence-corrected chi connectivity index (χ2v) is 18.5. The minimum atomic E-state index is -3.33. The lowest BCUT2D eigenvalue weighted by Gasteiger charge is -2.64. The number of aliphatic hydroxyl groups excluding tert-OH is 2. The molecule has 0 amide bonds. The molecule has 5 fully saturated rings. The molecule has 0 heterocycles. The highest BCUT2D eigenvalue weighted by molar-refractivity contribution is 7.92. The summed E-state index contributed by atoms with van der Waals surface area (Å²) < 4.78 is 25.7. The van der Waals surface area contributed by atoms with Gasteiger partial charge in [-0.25, -0.2) is 8.42 Å². The minimum Gasteiger partial charge on any atom is -0.393 e. The van der Waals surface area contributed by atoms with Crippen molar-refractivity contribution >= 4 is 15.6 Å². The highest BCUT2D eigenvalue weighted by Crippen LogP contribution is 2.69. The number of rotatable bonds is 9. The van der Waals surface area contributed by atoms with Crippen LogP contribution >= 0.6 is 0 Å². The van der Waals surface area contributed by atoms with Crippen molar-refractivity contribution < 1.29 is 23.4 Å². The van der Waals surface area contributed by atoms with Crippen LogP contribution in [0.5, 0.6) is 0 Å². The summed E-state index contributed by atoms with van der Waals surface area (Å²) in [6.45, 7) is 11.8. The van der Waals surface area contributed by atoms with Crippen LogP contribution in [0.2, 0.25) is 0 Å². The summed E-state index contributed by atoms with van der Waals surface area (Å²) in [6.07, 6.45) is 14.0. The van der Waals surface area contributed by atoms with Gasteiger partial charge in [-0.1, -0.05) is 60.3 Å². The van der Waals surface area contributed by atoms with Crippen molar-refractivity contribution in [3.8, 4) is 0 Å². The summed E-state index contributed by atoms with van der Waals surface area (Å²) in [6, 6.07) is 0. The number of sulfone groups is 1. The van der Waals surface area contributed by atoms with E-state index in [4.69, 9.17) is 0 Å². The Morgan fingerprint density at radius 2 is 1.54 bits per heavy atom. The van der Waals surface area contributed by atoms with Crippen molar-refractivity contribution in [1.82, 2.24) is 0 Å². The van der Waals surface area contributed by atoms with Crippen LogP contribution in [0.15, 0.2) is 0 Å². The first-order valence-electron chi connectivity index (χ1n) is 17.4. The third-order valence-electron chi connectivity index (χ3n) is 13.9. The van der Waals surface area contributed by atoms with E-state index in [9.17, 15) is 23.4 Å². The smallest absolute Gasteiger partial charge is 0.160 e. The number of aliphatic hydroxyl groups is 2. The molecule has 0 spiro atoms. The molecule has 0 aliphatic heterocycles. The quantitative estimate of drug-likeness (QED) is 0.301. The summed E-state index contributed by atoms with van der Waals surface area (Å²) in [4.78, 5) is 12.9. The van der Waals surface area contributed by atoms with Gasteiger partial charge in [-0.05, 0) is 122 Å². The van der Waals surface area contributed by atoms with Gasteiger partial charge in [0.25, 0.3) is 0 Å². The Balaban J connectivity index is 1.23. The molecule has 5 saturated carbocycles. The second kappa shape index (κ2) is 12.1. The zero-order valence-corrected chi connectivity index (χ0v) is 27.5. The zero-order chi connectivity index (χ0) is 29.7. The van der Waals surface area contributed by atoms with Crippen molar-refractivity contribution in [3.63, 3.8) is 0 Å². The molecule has 5 nitrogen and oxygen atoms in total. The van der Waals surface area contributed by atoms with Gasteiger partial charge in [-0.2, -0.15) is 0 Å². The highest BCUT2D eigenvalue weighted by Gasteiger charge is 2.64. The van der Waals surface area contributed by atoms with Gasteiger partial charge in [0, 0.05) is 6.42 Å². The number of carbonyl (C=O) groups is 1. The van der Waals surface area contributed by atoms with Gasteiger partial charge < -0.3 is 10.2 Å². The molecule has 5 aliphatic carbocycles. The van der Waals surface area contributed by atoms with Gasteiger partial charge in [0.15, 0.2) is 9.84 Å². The molecular weight excluding hydrogens is 532 g/mol. The Kier molecular flexibility index (Phi) is 9.46. The molecule has 6 heteroatoms. The van der Waals surface area contributed by atoms with Gasteiger partial charge in [0.05, 0.1) is 17.5 Å². The maximum atomic E-state index is 12.9. The largest absolute Gasteiger partial charge is 0.393 e. The number of hydrogen-bond acceptors (Lipinski definition) is 5. The van der Waals surface area contributed by atoms with Crippen molar-refractivity contribution in [2.45, 2.75) is 148 Å². The molecular formula is C35H60O5S. The average molecular weight is 593 g/mol. The SMILES string of the molecule is CC[C@H]1[C@@H](O)[C@@H]2[C@H](CC[C@]3(C)[C@@H]([C@H](C)C[C@H](C)CC(=O)CS(=O)(=O)C4CCCCC4)CC[C@@H]23)[C@@]2(C)CC[C@@H](O)C[C@@H]12. The molecule has 5 rings (SSSR count). The predicted octanol–water partition coefficient (Wildman–Crippen LogP) is 6.98. The number of carbonyl (C=O) groups excluding carboxylic acids is 1. The fourth-order valence-corrected chi connectivity index (χ4v) is 13.9. The third-order valence-corrected chi connectivity index (χ3v) is 16.1. The first kappa shape index (κ1) is 31.9. The molecule has 12 atom stereocenters. The standard InChI is InChI=1S/C35H60O5S/c1-6-27-31-20-24(36)14-16-35(31,5)30-15-17-34(4)28(12-13-29(34)32(30)33(27)38)23(3)18-22(2)19-25(37)21-41(39,40)26-10-8-7-9-11-26/h22-24,26-33,36,38H,6-21H2,1-5H3/t22-,23+,24+,27+,28+,29-,30-,31-,32-,33+,34+,35+/m0/s1. The summed E-state index contributed by atoms with van der Waals surface area (Å²) >= 11 is 0. The zero-order valence-electron chi connectivity index (χ0n) is 26.7. The normalized spacial score (nSPS) is 44.9. The minimum absolute atomic E-state index is 0.0948. The van der Waals surface area contributed by atoms with Crippen molar-refractivity contribution in [1.29, 1.82) is 0 Å². The fraction of sp³-hybridized carbons (Fsp3) is 0.971. The van der Waals surface area contributed by atoms with E-state index in [1.807, 2.05) is 0 Å². The second-order valence-electron chi connectivity index (χ2n) is 16.3. The Labute approximate surface area is 250 Å². The number of ketones is 1. The molecule has 236 valence electrons. The van der Waals surface area contributed by atoms with Gasteiger partial charge >= 0.3 is 0 Å². The van der Waals surface area contributed by atoms with Crippen LogP contribution in [0.3, 0.4) is 0 Å². The van der Waals surface area contributed by atoms with Gasteiger partial charge in [0.2, 0.25) is 0 Å². The van der Waals surface area contributed by atoms with Gasteiger partial charge in [-0.15, -0.1) is 0 Å². The molecule has 5 aliphatic rings. The predicted molar refractivity (Wildman–Crippen MR) is 165 cm³/mol. The van der Waals surface area contributed by atoms with Crippen LogP contribution < -0.4 is 0 Å². The molecule has 0 aromatic carbocycles. The van der Waals surface area contributed by atoms with E-state index in [1.165, 1.54) is 25.7 Å². The molecule has 0 aromatic heterocycles. The van der Waals surface area contributed by atoms with E-state index in [2.05, 4.69) is 34.6 Å². The van der Waals surface area contributed by atoms with E-state index in [0.717, 1.165) is 64.2 Å². The lowest BCUT2D eigenvalue weighted by atomic mass is 9.41. The van der Waals surface area contributed by atoms with E-state index in [0.29, 0.717) is 41.9 Å². The Hall–Kier alpha value is -0.460. The molecule has 0 unspecified atom stereocenters. The van der Waals surface area contributed by atoms with Gasteiger partial charge in [0.1, 0.15) is 11.5 Å². The summed E-state index contributed by atoms with van der Waals surface area (Å²) in [5.74, 6) is 3.05. The lowest BCUT2D eigenvalue weighted by Crippen LogP contribution is -2.62. The fourth-order valence-electron chi connectivity index (χ4n) is 12.0. The summed E-state index contributed by atoms with van der Waals surface area (Å²) in [7, 11) is -3.33. The van der Waals surface area contributed by atoms with Crippen LogP contribution in [0.25, 0.3) is 0 Å². The van der Waals surface area contributed by atoms with Gasteiger partial charge in [-0.3, -0.25) is 4.79 Å². The summed E-state index contributed by atoms with van der Waals surface area (Å²) in [5.41, 5.74) is 0.437. The topological polar surface area (TPSA) is 91.7 Å². The van der Waals surface area contributed by atoms with Crippen molar-refractivity contribution in [2.75, 3.05) is 5.75 Å². The van der Waals surface area contributed by atoms with Crippen LogP contribution in [0.4, 0.5) is 0 Å².